The van der Waals surface area contributed by atoms with Crippen molar-refractivity contribution in [2.45, 2.75) is 174 Å². The molecule has 0 bridgehead atoms. The second-order valence-electron chi connectivity index (χ2n) is 12.7. The van der Waals surface area contributed by atoms with Gasteiger partial charge in [0.25, 0.3) is 0 Å². The lowest BCUT2D eigenvalue weighted by molar-refractivity contribution is -0.161. The minimum Gasteiger partial charge on any atom is -0.480 e. The quantitative estimate of drug-likeness (QED) is 0.0247. The van der Waals surface area contributed by atoms with Gasteiger partial charge in [0, 0.05) is 12.8 Å². The summed E-state index contributed by atoms with van der Waals surface area (Å²) in [7, 11) is -4.71. The molecule has 0 heterocycles. The van der Waals surface area contributed by atoms with E-state index in [1.165, 1.54) is 44.9 Å². The maximum atomic E-state index is 12.5. The van der Waals surface area contributed by atoms with Crippen molar-refractivity contribution >= 4 is 25.7 Å². The van der Waals surface area contributed by atoms with Crippen molar-refractivity contribution in [1.29, 1.82) is 0 Å². The summed E-state index contributed by atoms with van der Waals surface area (Å²) < 4.78 is 32.5. The number of rotatable bonds is 35. The first-order valence-corrected chi connectivity index (χ1v) is 20.4. The number of carbonyl (C=O) groups excluding carboxylic acids is 2. The number of carbonyl (C=O) groups is 3. The molecular formula is C37H68NO10P. The first kappa shape index (κ1) is 47.0. The molecule has 3 atom stereocenters. The van der Waals surface area contributed by atoms with E-state index in [0.717, 1.165) is 77.0 Å². The van der Waals surface area contributed by atoms with Crippen LogP contribution in [-0.2, 0) is 37.5 Å². The number of carboxylic acid groups (broad SMARTS) is 1. The molecular weight excluding hydrogens is 649 g/mol. The molecule has 3 unspecified atom stereocenters. The topological polar surface area (TPSA) is 172 Å². The number of unbranched alkanes of at least 4 members (excludes halogenated alkanes) is 17. The highest BCUT2D eigenvalue weighted by atomic mass is 31.2. The second-order valence-corrected chi connectivity index (χ2v) is 14.2. The Balaban J connectivity index is 4.48. The van der Waals surface area contributed by atoms with E-state index in [1.54, 1.807) is 0 Å². The van der Waals surface area contributed by atoms with Crippen molar-refractivity contribution in [3.05, 3.63) is 24.3 Å². The van der Waals surface area contributed by atoms with Gasteiger partial charge in [-0.2, -0.15) is 0 Å². The lowest BCUT2D eigenvalue weighted by Gasteiger charge is -2.20. The molecule has 0 aromatic carbocycles. The number of aliphatic carboxylic acids is 1. The summed E-state index contributed by atoms with van der Waals surface area (Å²) in [5.41, 5.74) is 5.31. The fourth-order valence-electron chi connectivity index (χ4n) is 4.88. The molecule has 0 saturated carbocycles. The zero-order chi connectivity index (χ0) is 36.4. The van der Waals surface area contributed by atoms with E-state index < -0.39 is 51.1 Å². The van der Waals surface area contributed by atoms with Gasteiger partial charge in [0.2, 0.25) is 0 Å². The molecule has 0 radical (unpaired) electrons. The van der Waals surface area contributed by atoms with Gasteiger partial charge in [-0.3, -0.25) is 23.4 Å². The number of hydrogen-bond donors (Lipinski definition) is 3. The summed E-state index contributed by atoms with van der Waals surface area (Å²) in [5, 5.41) is 8.85. The Morgan fingerprint density at radius 2 is 1.02 bits per heavy atom. The number of nitrogens with two attached hydrogens (primary N) is 1. The summed E-state index contributed by atoms with van der Waals surface area (Å²) in [6.07, 6.45) is 31.1. The molecule has 0 aromatic rings. The van der Waals surface area contributed by atoms with E-state index in [9.17, 15) is 23.8 Å². The molecule has 0 aliphatic heterocycles. The van der Waals surface area contributed by atoms with E-state index in [-0.39, 0.29) is 19.4 Å². The van der Waals surface area contributed by atoms with Gasteiger partial charge >= 0.3 is 25.7 Å². The molecule has 0 fully saturated rings. The first-order valence-electron chi connectivity index (χ1n) is 18.9. The van der Waals surface area contributed by atoms with Crippen LogP contribution >= 0.6 is 7.82 Å². The molecule has 12 heteroatoms. The Morgan fingerprint density at radius 3 is 1.53 bits per heavy atom. The van der Waals surface area contributed by atoms with Crippen molar-refractivity contribution in [1.82, 2.24) is 0 Å². The van der Waals surface area contributed by atoms with Gasteiger partial charge in [0.15, 0.2) is 6.10 Å². The third-order valence-electron chi connectivity index (χ3n) is 7.92. The van der Waals surface area contributed by atoms with Crippen LogP contribution in [0.25, 0.3) is 0 Å². The van der Waals surface area contributed by atoms with Crippen LogP contribution in [0.4, 0.5) is 0 Å². The standard InChI is InChI=1S/C37H68NO10P/c1-3-5-7-9-11-13-15-17-19-21-23-25-27-29-36(40)48-33(31-46-49(43,44)47-32-34(38)37(41)42)30-45-35(39)28-26-24-22-20-18-16-14-12-10-8-6-4-2/h12-15,33-34H,3-11,16-32,38H2,1-2H3,(H,41,42)(H,43,44)/b14-12-,15-13-. The van der Waals surface area contributed by atoms with Crippen LogP contribution < -0.4 is 5.73 Å². The van der Waals surface area contributed by atoms with Crippen molar-refractivity contribution in [2.24, 2.45) is 5.73 Å². The molecule has 0 saturated heterocycles. The van der Waals surface area contributed by atoms with Crippen molar-refractivity contribution < 1.29 is 47.5 Å². The average Bonchev–Trinajstić information content (AvgIpc) is 3.07. The number of phosphoric ester groups is 1. The minimum atomic E-state index is -4.71. The highest BCUT2D eigenvalue weighted by Gasteiger charge is 2.28. The van der Waals surface area contributed by atoms with Gasteiger partial charge in [-0.15, -0.1) is 0 Å². The summed E-state index contributed by atoms with van der Waals surface area (Å²) >= 11 is 0. The third-order valence-corrected chi connectivity index (χ3v) is 8.87. The van der Waals surface area contributed by atoms with Crippen LogP contribution in [0.1, 0.15) is 162 Å². The van der Waals surface area contributed by atoms with Crippen molar-refractivity contribution in [3.63, 3.8) is 0 Å². The predicted octanol–water partition coefficient (Wildman–Crippen LogP) is 9.11. The number of allylic oxidation sites excluding steroid dienone is 4. The highest BCUT2D eigenvalue weighted by Crippen LogP contribution is 2.43. The molecule has 0 aliphatic rings. The summed E-state index contributed by atoms with van der Waals surface area (Å²) in [5.74, 6) is -2.40. The Labute approximate surface area is 296 Å². The second kappa shape index (κ2) is 33.1. The summed E-state index contributed by atoms with van der Waals surface area (Å²) in [6, 6.07) is -1.52. The van der Waals surface area contributed by atoms with Gasteiger partial charge in [-0.05, 0) is 64.2 Å². The SMILES string of the molecule is CCCCC/C=C\CCCCCCCC(=O)OCC(COP(=O)(O)OCC(N)C(=O)O)OC(=O)CCCCCCC/C=C\CCCCCC. The largest absolute Gasteiger partial charge is 0.480 e. The normalized spacial score (nSPS) is 14.2. The van der Waals surface area contributed by atoms with Gasteiger partial charge in [0.05, 0.1) is 13.2 Å². The summed E-state index contributed by atoms with van der Waals surface area (Å²) in [4.78, 5) is 45.7. The van der Waals surface area contributed by atoms with Crippen LogP contribution in [0.2, 0.25) is 0 Å². The maximum absolute atomic E-state index is 12.5. The van der Waals surface area contributed by atoms with Gasteiger partial charge in [0.1, 0.15) is 12.6 Å². The molecule has 0 spiro atoms. The first-order chi connectivity index (χ1) is 23.6. The summed E-state index contributed by atoms with van der Waals surface area (Å²) in [6.45, 7) is 2.72. The van der Waals surface area contributed by atoms with E-state index >= 15 is 0 Å². The molecule has 49 heavy (non-hydrogen) atoms. The average molecular weight is 718 g/mol. The number of phosphoric acid groups is 1. The molecule has 286 valence electrons. The van der Waals surface area contributed by atoms with Crippen LogP contribution in [0.15, 0.2) is 24.3 Å². The Morgan fingerprint density at radius 1 is 0.612 bits per heavy atom. The van der Waals surface area contributed by atoms with Crippen LogP contribution in [-0.4, -0.2) is 59.9 Å². The maximum Gasteiger partial charge on any atom is 0.472 e. The molecule has 0 amide bonds. The fraction of sp³-hybridized carbons (Fsp3) is 0.811. The Bertz CT molecular complexity index is 942. The van der Waals surface area contributed by atoms with Gasteiger partial charge in [-0.25, -0.2) is 4.57 Å². The minimum absolute atomic E-state index is 0.150. The lowest BCUT2D eigenvalue weighted by Crippen LogP contribution is -2.34. The van der Waals surface area contributed by atoms with Crippen LogP contribution in [0.3, 0.4) is 0 Å². The molecule has 4 N–H and O–H groups in total. The fourth-order valence-corrected chi connectivity index (χ4v) is 5.65. The van der Waals surface area contributed by atoms with E-state index in [1.807, 2.05) is 0 Å². The zero-order valence-electron chi connectivity index (χ0n) is 30.5. The predicted molar refractivity (Wildman–Crippen MR) is 194 cm³/mol. The van der Waals surface area contributed by atoms with E-state index in [0.29, 0.717) is 12.8 Å². The Kier molecular flexibility index (Phi) is 31.7. The van der Waals surface area contributed by atoms with E-state index in [4.69, 9.17) is 24.8 Å². The molecule has 0 aromatic heterocycles. The number of esters is 2. The van der Waals surface area contributed by atoms with Crippen molar-refractivity contribution in [2.75, 3.05) is 19.8 Å². The van der Waals surface area contributed by atoms with E-state index in [2.05, 4.69) is 42.7 Å². The molecule has 0 aliphatic carbocycles. The van der Waals surface area contributed by atoms with Crippen LogP contribution in [0, 0.1) is 0 Å². The molecule has 11 nitrogen and oxygen atoms in total. The van der Waals surface area contributed by atoms with Gasteiger partial charge in [-0.1, -0.05) is 109 Å². The number of carboxylic acids is 1. The van der Waals surface area contributed by atoms with Crippen molar-refractivity contribution in [3.8, 4) is 0 Å². The number of hydrogen-bond acceptors (Lipinski definition) is 9. The van der Waals surface area contributed by atoms with Gasteiger partial charge < -0.3 is 25.2 Å². The highest BCUT2D eigenvalue weighted by molar-refractivity contribution is 7.47. The third kappa shape index (κ3) is 32.9. The lowest BCUT2D eigenvalue weighted by atomic mass is 10.1. The monoisotopic (exact) mass is 717 g/mol. The number of ether oxygens (including phenoxy) is 2. The zero-order valence-corrected chi connectivity index (χ0v) is 31.4. The smallest absolute Gasteiger partial charge is 0.472 e. The Hall–Kier alpha value is -2.04. The molecule has 0 rings (SSSR count). The van der Waals surface area contributed by atoms with Crippen LogP contribution in [0.5, 0.6) is 0 Å².